The Hall–Kier alpha value is -2.24. The molecule has 1 N–H and O–H groups in total. The molecule has 1 amide bonds. The number of likely N-dealkylation sites (N-methyl/N-ethyl adjacent to an activating group) is 1. The van der Waals surface area contributed by atoms with Crippen molar-refractivity contribution in [2.24, 2.45) is 0 Å². The standard InChI is InChI=1S/C22H28ClN3O2/c1-3-4-15-28-18-8-5-7-17(16-18)22(27)24-20-10-6-9-19(23)21(20)26-13-11-25(2)12-14-26/h5-10,16H,3-4,11-15H2,1-2H3,(H,24,27). The van der Waals surface area contributed by atoms with Crippen LogP contribution in [-0.4, -0.2) is 50.6 Å². The number of hydrogen-bond donors (Lipinski definition) is 1. The highest BCUT2D eigenvalue weighted by Gasteiger charge is 2.21. The Morgan fingerprint density at radius 1 is 1.14 bits per heavy atom. The first kappa shape index (κ1) is 20.5. The molecule has 0 aromatic heterocycles. The molecule has 28 heavy (non-hydrogen) atoms. The summed E-state index contributed by atoms with van der Waals surface area (Å²) in [6.45, 7) is 6.47. The minimum atomic E-state index is -0.168. The van der Waals surface area contributed by atoms with Crippen molar-refractivity contribution in [1.29, 1.82) is 0 Å². The molecule has 1 fully saturated rings. The van der Waals surface area contributed by atoms with Crippen molar-refractivity contribution >= 4 is 28.9 Å². The fourth-order valence-corrected chi connectivity index (χ4v) is 3.52. The summed E-state index contributed by atoms with van der Waals surface area (Å²) in [5.74, 6) is 0.546. The molecule has 2 aromatic carbocycles. The van der Waals surface area contributed by atoms with E-state index < -0.39 is 0 Å². The third-order valence-electron chi connectivity index (χ3n) is 4.92. The van der Waals surface area contributed by atoms with Crippen molar-refractivity contribution in [2.75, 3.05) is 50.1 Å². The van der Waals surface area contributed by atoms with E-state index in [1.807, 2.05) is 30.3 Å². The first-order chi connectivity index (χ1) is 13.6. The molecule has 0 radical (unpaired) electrons. The highest BCUT2D eigenvalue weighted by Crippen LogP contribution is 2.35. The summed E-state index contributed by atoms with van der Waals surface area (Å²) < 4.78 is 5.72. The monoisotopic (exact) mass is 401 g/mol. The highest BCUT2D eigenvalue weighted by molar-refractivity contribution is 6.34. The molecule has 6 heteroatoms. The van der Waals surface area contributed by atoms with E-state index in [-0.39, 0.29) is 5.91 Å². The Kier molecular flexibility index (Phi) is 7.18. The smallest absolute Gasteiger partial charge is 0.255 e. The predicted octanol–water partition coefficient (Wildman–Crippen LogP) is 4.52. The summed E-state index contributed by atoms with van der Waals surface area (Å²) in [6, 6.07) is 12.9. The van der Waals surface area contributed by atoms with Gasteiger partial charge in [-0.15, -0.1) is 0 Å². The molecule has 0 aliphatic carbocycles. The molecule has 0 atom stereocenters. The van der Waals surface area contributed by atoms with Gasteiger partial charge in [0.2, 0.25) is 0 Å². The Bertz CT molecular complexity index is 804. The van der Waals surface area contributed by atoms with Gasteiger partial charge in [-0.2, -0.15) is 0 Å². The molecule has 150 valence electrons. The van der Waals surface area contributed by atoms with Crippen molar-refractivity contribution in [1.82, 2.24) is 4.90 Å². The number of halogens is 1. The number of para-hydroxylation sites is 1. The van der Waals surface area contributed by atoms with Gasteiger partial charge in [0.1, 0.15) is 5.75 Å². The van der Waals surface area contributed by atoms with Crippen molar-refractivity contribution in [2.45, 2.75) is 19.8 Å². The maximum Gasteiger partial charge on any atom is 0.255 e. The van der Waals surface area contributed by atoms with E-state index in [0.717, 1.165) is 50.4 Å². The topological polar surface area (TPSA) is 44.8 Å². The van der Waals surface area contributed by atoms with E-state index >= 15 is 0 Å². The number of unbranched alkanes of at least 4 members (excludes halogenated alkanes) is 1. The van der Waals surface area contributed by atoms with Crippen molar-refractivity contribution in [3.05, 3.63) is 53.1 Å². The molecule has 3 rings (SSSR count). The number of anilines is 2. The van der Waals surface area contributed by atoms with E-state index in [1.54, 1.807) is 12.1 Å². The van der Waals surface area contributed by atoms with Crippen LogP contribution in [0.5, 0.6) is 5.75 Å². The van der Waals surface area contributed by atoms with Crippen molar-refractivity contribution in [3.63, 3.8) is 0 Å². The van der Waals surface area contributed by atoms with Gasteiger partial charge in [0, 0.05) is 31.7 Å². The van der Waals surface area contributed by atoms with Gasteiger partial charge in [0.05, 0.1) is 23.0 Å². The number of rotatable bonds is 7. The molecule has 1 saturated heterocycles. The van der Waals surface area contributed by atoms with E-state index in [9.17, 15) is 4.79 Å². The van der Waals surface area contributed by atoms with Gasteiger partial charge in [0.25, 0.3) is 5.91 Å². The molecule has 0 spiro atoms. The van der Waals surface area contributed by atoms with Crippen LogP contribution < -0.4 is 15.0 Å². The number of nitrogens with zero attached hydrogens (tertiary/aromatic N) is 2. The van der Waals surface area contributed by atoms with Gasteiger partial charge in [-0.25, -0.2) is 0 Å². The van der Waals surface area contributed by atoms with E-state index in [0.29, 0.717) is 22.9 Å². The van der Waals surface area contributed by atoms with Crippen LogP contribution in [0.15, 0.2) is 42.5 Å². The van der Waals surface area contributed by atoms with Crippen LogP contribution in [-0.2, 0) is 0 Å². The van der Waals surface area contributed by atoms with Crippen LogP contribution in [0.1, 0.15) is 30.1 Å². The SMILES string of the molecule is CCCCOc1cccc(C(=O)Nc2cccc(Cl)c2N2CCN(C)CC2)c1. The normalized spacial score (nSPS) is 14.8. The minimum absolute atomic E-state index is 0.168. The zero-order chi connectivity index (χ0) is 19.9. The maximum absolute atomic E-state index is 12.9. The molecule has 1 aliphatic rings. The van der Waals surface area contributed by atoms with Crippen LogP contribution in [0, 0.1) is 0 Å². The average Bonchev–Trinajstić information content (AvgIpc) is 2.70. The molecule has 2 aromatic rings. The lowest BCUT2D eigenvalue weighted by Gasteiger charge is -2.35. The first-order valence-corrected chi connectivity index (χ1v) is 10.2. The number of carbonyl (C=O) groups excluding carboxylic acids is 1. The molecule has 0 bridgehead atoms. The van der Waals surface area contributed by atoms with Crippen LogP contribution in [0.4, 0.5) is 11.4 Å². The van der Waals surface area contributed by atoms with Gasteiger partial charge < -0.3 is 19.9 Å². The fourth-order valence-electron chi connectivity index (χ4n) is 3.22. The Morgan fingerprint density at radius 2 is 1.89 bits per heavy atom. The second kappa shape index (κ2) is 9.80. The van der Waals surface area contributed by atoms with Gasteiger partial charge in [-0.05, 0) is 43.8 Å². The molecule has 1 heterocycles. The van der Waals surface area contributed by atoms with Gasteiger partial charge >= 0.3 is 0 Å². The third kappa shape index (κ3) is 5.18. The summed E-state index contributed by atoms with van der Waals surface area (Å²) in [4.78, 5) is 17.4. The first-order valence-electron chi connectivity index (χ1n) is 9.84. The fraction of sp³-hybridized carbons (Fsp3) is 0.409. The number of ether oxygens (including phenoxy) is 1. The molecule has 0 unspecified atom stereocenters. The van der Waals surface area contributed by atoms with Crippen LogP contribution in [0.25, 0.3) is 0 Å². The molecule has 0 saturated carbocycles. The maximum atomic E-state index is 12.9. The zero-order valence-corrected chi connectivity index (χ0v) is 17.3. The third-order valence-corrected chi connectivity index (χ3v) is 5.22. The average molecular weight is 402 g/mol. The number of amides is 1. The number of benzene rings is 2. The van der Waals surface area contributed by atoms with E-state index in [2.05, 4.69) is 29.1 Å². The van der Waals surface area contributed by atoms with Crippen LogP contribution in [0.3, 0.4) is 0 Å². The number of hydrogen-bond acceptors (Lipinski definition) is 4. The molecule has 1 aliphatic heterocycles. The predicted molar refractivity (Wildman–Crippen MR) is 116 cm³/mol. The molecular weight excluding hydrogens is 374 g/mol. The summed E-state index contributed by atoms with van der Waals surface area (Å²) in [5, 5.41) is 3.69. The molecule has 5 nitrogen and oxygen atoms in total. The summed E-state index contributed by atoms with van der Waals surface area (Å²) >= 11 is 6.50. The van der Waals surface area contributed by atoms with Crippen LogP contribution in [0.2, 0.25) is 5.02 Å². The Labute approximate surface area is 172 Å². The lowest BCUT2D eigenvalue weighted by molar-refractivity contribution is 0.102. The van der Waals surface area contributed by atoms with Gasteiger partial charge in [-0.1, -0.05) is 37.1 Å². The van der Waals surface area contributed by atoms with Crippen molar-refractivity contribution in [3.8, 4) is 5.75 Å². The zero-order valence-electron chi connectivity index (χ0n) is 16.6. The number of nitrogens with one attached hydrogen (secondary N) is 1. The highest BCUT2D eigenvalue weighted by atomic mass is 35.5. The lowest BCUT2D eigenvalue weighted by Crippen LogP contribution is -2.44. The largest absolute Gasteiger partial charge is 0.494 e. The van der Waals surface area contributed by atoms with Gasteiger partial charge in [-0.3, -0.25) is 4.79 Å². The van der Waals surface area contributed by atoms with Crippen molar-refractivity contribution < 1.29 is 9.53 Å². The molecular formula is C22H28ClN3O2. The van der Waals surface area contributed by atoms with E-state index in [4.69, 9.17) is 16.3 Å². The second-order valence-electron chi connectivity index (χ2n) is 7.11. The number of piperazine rings is 1. The summed E-state index contributed by atoms with van der Waals surface area (Å²) in [6.07, 6.45) is 2.07. The Balaban J connectivity index is 1.76. The van der Waals surface area contributed by atoms with Gasteiger partial charge in [0.15, 0.2) is 0 Å². The number of carbonyl (C=O) groups is 1. The van der Waals surface area contributed by atoms with Crippen LogP contribution >= 0.6 is 11.6 Å². The Morgan fingerprint density at radius 3 is 2.64 bits per heavy atom. The summed E-state index contributed by atoms with van der Waals surface area (Å²) in [7, 11) is 2.11. The quantitative estimate of drug-likeness (QED) is 0.692. The van der Waals surface area contributed by atoms with E-state index in [1.165, 1.54) is 0 Å². The minimum Gasteiger partial charge on any atom is -0.494 e. The lowest BCUT2D eigenvalue weighted by atomic mass is 10.1. The summed E-state index contributed by atoms with van der Waals surface area (Å²) in [5.41, 5.74) is 2.19. The second-order valence-corrected chi connectivity index (χ2v) is 7.52.